The van der Waals surface area contributed by atoms with Crippen LogP contribution in [0.5, 0.6) is 0 Å². The van der Waals surface area contributed by atoms with Crippen LogP contribution in [0.1, 0.15) is 84.2 Å². The molecule has 4 aromatic rings. The molecule has 43 heavy (non-hydrogen) atoms. The van der Waals surface area contributed by atoms with Gasteiger partial charge in [-0.05, 0) is 56.4 Å². The number of rotatable bonds is 5. The number of pyridine rings is 1. The van der Waals surface area contributed by atoms with E-state index >= 15 is 0 Å². The fourth-order valence-corrected chi connectivity index (χ4v) is 6.51. The Labute approximate surface area is 245 Å². The number of imidazole rings is 1. The summed E-state index contributed by atoms with van der Waals surface area (Å²) in [6, 6.07) is 8.89. The molecule has 2 saturated heterocycles. The number of nitrogens with two attached hydrogens (primary N) is 1. The lowest BCUT2D eigenvalue weighted by Crippen LogP contribution is -2.41. The van der Waals surface area contributed by atoms with Crippen LogP contribution in [0.3, 0.4) is 0 Å². The Balaban J connectivity index is 1.16. The van der Waals surface area contributed by atoms with Gasteiger partial charge in [0.05, 0.1) is 5.56 Å². The van der Waals surface area contributed by atoms with Gasteiger partial charge in [-0.1, -0.05) is 18.6 Å². The molecule has 9 nitrogen and oxygen atoms in total. The number of hydrogen-bond donors (Lipinski definition) is 2. The Morgan fingerprint density at radius 2 is 1.79 bits per heavy atom. The van der Waals surface area contributed by atoms with Gasteiger partial charge in [0.15, 0.2) is 0 Å². The van der Waals surface area contributed by atoms with Gasteiger partial charge in [0.1, 0.15) is 28.7 Å². The molecule has 7 rings (SSSR count). The van der Waals surface area contributed by atoms with Crippen LogP contribution in [0.15, 0.2) is 48.8 Å². The van der Waals surface area contributed by atoms with Crippen molar-refractivity contribution >= 4 is 29.0 Å². The number of nitrogens with zero attached hydrogens (tertiary/aromatic N) is 5. The van der Waals surface area contributed by atoms with Crippen molar-refractivity contribution in [3.63, 3.8) is 0 Å². The van der Waals surface area contributed by atoms with Crippen molar-refractivity contribution in [2.24, 2.45) is 0 Å². The number of hydrogen-bond acceptors (Lipinski definition) is 6. The van der Waals surface area contributed by atoms with Gasteiger partial charge in [0.25, 0.3) is 5.91 Å². The summed E-state index contributed by atoms with van der Waals surface area (Å²) in [6.07, 6.45) is 4.73. The van der Waals surface area contributed by atoms with Crippen molar-refractivity contribution in [2.75, 3.05) is 17.6 Å². The molecule has 2 unspecified atom stereocenters. The molecule has 1 aromatic carbocycles. The van der Waals surface area contributed by atoms with Crippen LogP contribution < -0.4 is 11.1 Å². The van der Waals surface area contributed by atoms with Gasteiger partial charge < -0.3 is 16.0 Å². The predicted octanol–water partition coefficient (Wildman–Crippen LogP) is 5.78. The second-order valence-corrected chi connectivity index (χ2v) is 11.7. The monoisotopic (exact) mass is 589 g/mol. The van der Waals surface area contributed by atoms with E-state index in [4.69, 9.17) is 10.7 Å². The van der Waals surface area contributed by atoms with Crippen LogP contribution in [-0.4, -0.2) is 48.7 Å². The minimum atomic E-state index is -4.55. The number of benzene rings is 1. The van der Waals surface area contributed by atoms with E-state index < -0.39 is 17.6 Å². The zero-order valence-electron chi connectivity index (χ0n) is 23.3. The zero-order valence-corrected chi connectivity index (χ0v) is 23.3. The summed E-state index contributed by atoms with van der Waals surface area (Å²) in [5, 5.41) is 2.55. The number of piperidine rings is 1. The van der Waals surface area contributed by atoms with E-state index in [1.165, 1.54) is 0 Å². The van der Waals surface area contributed by atoms with E-state index in [0.29, 0.717) is 47.3 Å². The lowest BCUT2D eigenvalue weighted by Gasteiger charge is -2.34. The summed E-state index contributed by atoms with van der Waals surface area (Å²) in [5.74, 6) is 0.613. The Kier molecular flexibility index (Phi) is 6.59. The highest BCUT2D eigenvalue weighted by atomic mass is 19.4. The lowest BCUT2D eigenvalue weighted by atomic mass is 9.82. The number of alkyl halides is 3. The number of nitrogen functional groups attached to an aromatic ring is 1. The molecule has 0 radical (unpaired) electrons. The van der Waals surface area contributed by atoms with E-state index in [-0.39, 0.29) is 29.1 Å². The van der Waals surface area contributed by atoms with Crippen molar-refractivity contribution in [1.29, 1.82) is 0 Å². The molecule has 2 atom stereocenters. The van der Waals surface area contributed by atoms with Gasteiger partial charge >= 0.3 is 6.18 Å². The van der Waals surface area contributed by atoms with E-state index in [1.54, 1.807) is 30.5 Å². The number of carbonyl (C=O) groups is 2. The SMILES string of the molecule is Nc1nccn2c(C3CCC4CCC(=O)N4C3)nc(-c3ccc(C(=O)Nc4cc(C(F)(F)F)cc(C5CCC5)n4)cc3)c12. The molecular formula is C31H30F3N7O2. The maximum absolute atomic E-state index is 13.6. The van der Waals surface area contributed by atoms with Crippen molar-refractivity contribution in [2.45, 2.75) is 69.0 Å². The fraction of sp³-hybridized carbons (Fsp3) is 0.387. The summed E-state index contributed by atoms with van der Waals surface area (Å²) in [7, 11) is 0. The van der Waals surface area contributed by atoms with Crippen LogP contribution in [0, 0.1) is 0 Å². The first kappa shape index (κ1) is 27.4. The Morgan fingerprint density at radius 3 is 2.51 bits per heavy atom. The molecule has 5 heterocycles. The second kappa shape index (κ2) is 10.4. The molecule has 2 aliphatic heterocycles. The highest BCUT2D eigenvalue weighted by molar-refractivity contribution is 6.04. The second-order valence-electron chi connectivity index (χ2n) is 11.7. The third-order valence-electron chi connectivity index (χ3n) is 9.05. The van der Waals surface area contributed by atoms with Gasteiger partial charge in [-0.2, -0.15) is 13.2 Å². The van der Waals surface area contributed by atoms with Gasteiger partial charge in [-0.15, -0.1) is 0 Å². The summed E-state index contributed by atoms with van der Waals surface area (Å²) < 4.78 is 42.6. The maximum atomic E-state index is 13.6. The topological polar surface area (TPSA) is 119 Å². The smallest absolute Gasteiger partial charge is 0.382 e. The largest absolute Gasteiger partial charge is 0.416 e. The molecule has 222 valence electrons. The molecule has 1 aliphatic carbocycles. The number of aromatic nitrogens is 4. The lowest BCUT2D eigenvalue weighted by molar-refractivity contribution is -0.137. The van der Waals surface area contributed by atoms with Crippen LogP contribution in [0.2, 0.25) is 0 Å². The van der Waals surface area contributed by atoms with Crippen molar-refractivity contribution < 1.29 is 22.8 Å². The molecule has 2 amide bonds. The van der Waals surface area contributed by atoms with E-state index in [9.17, 15) is 22.8 Å². The average Bonchev–Trinajstić information content (AvgIpc) is 3.53. The number of nitrogens with one attached hydrogen (secondary N) is 1. The molecule has 12 heteroatoms. The van der Waals surface area contributed by atoms with Gasteiger partial charge in [-0.3, -0.25) is 14.0 Å². The molecule has 3 aromatic heterocycles. The first-order valence-corrected chi connectivity index (χ1v) is 14.6. The molecule has 3 N–H and O–H groups in total. The number of anilines is 2. The Morgan fingerprint density at radius 1 is 1.00 bits per heavy atom. The Hall–Kier alpha value is -4.48. The summed E-state index contributed by atoms with van der Waals surface area (Å²) >= 11 is 0. The summed E-state index contributed by atoms with van der Waals surface area (Å²) in [4.78, 5) is 41.1. The van der Waals surface area contributed by atoms with Crippen LogP contribution >= 0.6 is 0 Å². The highest BCUT2D eigenvalue weighted by Gasteiger charge is 2.38. The fourth-order valence-electron chi connectivity index (χ4n) is 6.51. The molecule has 3 aliphatic rings. The minimum Gasteiger partial charge on any atom is -0.382 e. The van der Waals surface area contributed by atoms with Crippen LogP contribution in [-0.2, 0) is 11.0 Å². The third-order valence-corrected chi connectivity index (χ3v) is 9.05. The first-order chi connectivity index (χ1) is 20.7. The average molecular weight is 590 g/mol. The van der Waals surface area contributed by atoms with Crippen LogP contribution in [0.25, 0.3) is 16.8 Å². The van der Waals surface area contributed by atoms with Gasteiger partial charge in [-0.25, -0.2) is 15.0 Å². The highest BCUT2D eigenvalue weighted by Crippen LogP contribution is 2.40. The molecule has 1 saturated carbocycles. The summed E-state index contributed by atoms with van der Waals surface area (Å²) in [6.45, 7) is 0.607. The first-order valence-electron chi connectivity index (χ1n) is 14.6. The standard InChI is InChI=1S/C31H30F3N7O2/c32-31(33,34)21-14-23(17-2-1-3-17)37-24(15-21)38-30(43)19-6-4-18(5-7-19)26-27-28(35)36-12-13-40(27)29(39-26)20-8-9-22-10-11-25(42)41(22)16-20/h4-7,12-15,17,20,22H,1-3,8-11,16H2,(H2,35,36)(H,37,38,43). The van der Waals surface area contributed by atoms with Crippen LogP contribution in [0.4, 0.5) is 24.8 Å². The quantitative estimate of drug-likeness (QED) is 0.305. The molecule has 3 fully saturated rings. The Bertz CT molecular complexity index is 1730. The maximum Gasteiger partial charge on any atom is 0.416 e. The van der Waals surface area contributed by atoms with Crippen molar-refractivity contribution in [3.05, 3.63) is 71.4 Å². The molecular weight excluding hydrogens is 559 g/mol. The molecule has 0 spiro atoms. The number of fused-ring (bicyclic) bond motifs is 2. The van der Waals surface area contributed by atoms with E-state index in [2.05, 4.69) is 15.3 Å². The predicted molar refractivity (Wildman–Crippen MR) is 153 cm³/mol. The van der Waals surface area contributed by atoms with Crippen molar-refractivity contribution in [1.82, 2.24) is 24.3 Å². The van der Waals surface area contributed by atoms with E-state index in [1.807, 2.05) is 15.5 Å². The normalized spacial score (nSPS) is 20.7. The van der Waals surface area contributed by atoms with Gasteiger partial charge in [0, 0.05) is 60.1 Å². The molecule has 0 bridgehead atoms. The number of halogens is 3. The van der Waals surface area contributed by atoms with E-state index in [0.717, 1.165) is 56.5 Å². The number of amides is 2. The van der Waals surface area contributed by atoms with Gasteiger partial charge in [0.2, 0.25) is 5.91 Å². The third kappa shape index (κ3) is 4.98. The van der Waals surface area contributed by atoms with Crippen molar-refractivity contribution in [3.8, 4) is 11.3 Å². The minimum absolute atomic E-state index is 0.0281. The summed E-state index contributed by atoms with van der Waals surface area (Å²) in [5.41, 5.74) is 8.04. The number of carbonyl (C=O) groups excluding carboxylic acids is 2. The zero-order chi connectivity index (χ0) is 29.9.